The summed E-state index contributed by atoms with van der Waals surface area (Å²) in [6, 6.07) is 7.46. The van der Waals surface area contributed by atoms with Crippen LogP contribution in [0.2, 0.25) is 0 Å². The molecule has 0 aliphatic carbocycles. The summed E-state index contributed by atoms with van der Waals surface area (Å²) in [6.07, 6.45) is 0.987. The summed E-state index contributed by atoms with van der Waals surface area (Å²) in [6.45, 7) is 6.12. The number of hydrogen-bond acceptors (Lipinski definition) is 2. The van der Waals surface area contributed by atoms with Crippen molar-refractivity contribution in [1.29, 1.82) is 0 Å². The van der Waals surface area contributed by atoms with Gasteiger partial charge in [0.05, 0.1) is 0 Å². The molecular weight excluding hydrogens is 188 g/mol. The standard InChI is InChI=1S/C13H18O2/c1-13(2,3)8-10-4-6-11(7-5-10)12(15)9-14/h4-7,14H,8-9H2,1-3H3. The van der Waals surface area contributed by atoms with Crippen molar-refractivity contribution in [3.63, 3.8) is 0 Å². The number of carbonyl (C=O) groups is 1. The van der Waals surface area contributed by atoms with Gasteiger partial charge < -0.3 is 5.11 Å². The lowest BCUT2D eigenvalue weighted by molar-refractivity contribution is 0.0904. The highest BCUT2D eigenvalue weighted by atomic mass is 16.3. The lowest BCUT2D eigenvalue weighted by Crippen LogP contribution is -2.09. The fraction of sp³-hybridized carbons (Fsp3) is 0.462. The van der Waals surface area contributed by atoms with E-state index in [1.807, 2.05) is 12.1 Å². The summed E-state index contributed by atoms with van der Waals surface area (Å²) in [5.41, 5.74) is 2.05. The van der Waals surface area contributed by atoms with Crippen molar-refractivity contribution >= 4 is 5.78 Å². The van der Waals surface area contributed by atoms with E-state index >= 15 is 0 Å². The molecule has 1 N–H and O–H groups in total. The van der Waals surface area contributed by atoms with Crippen molar-refractivity contribution in [1.82, 2.24) is 0 Å². The van der Waals surface area contributed by atoms with E-state index in [1.165, 1.54) is 5.56 Å². The van der Waals surface area contributed by atoms with Gasteiger partial charge in [0, 0.05) is 5.56 Å². The second kappa shape index (κ2) is 4.58. The van der Waals surface area contributed by atoms with Gasteiger partial charge in [0.1, 0.15) is 6.61 Å². The minimum atomic E-state index is -0.418. The van der Waals surface area contributed by atoms with Gasteiger partial charge in [0.2, 0.25) is 0 Å². The topological polar surface area (TPSA) is 37.3 Å². The van der Waals surface area contributed by atoms with Crippen LogP contribution in [0.3, 0.4) is 0 Å². The van der Waals surface area contributed by atoms with Gasteiger partial charge in [0.25, 0.3) is 0 Å². The average Bonchev–Trinajstić information content (AvgIpc) is 2.15. The maximum absolute atomic E-state index is 11.2. The first-order valence-corrected chi connectivity index (χ1v) is 5.15. The Balaban J connectivity index is 2.77. The van der Waals surface area contributed by atoms with Crippen LogP contribution in [0, 0.1) is 5.41 Å². The molecule has 1 rings (SSSR count). The van der Waals surface area contributed by atoms with Crippen LogP contribution in [0.1, 0.15) is 36.7 Å². The summed E-state index contributed by atoms with van der Waals surface area (Å²) >= 11 is 0. The molecule has 0 aliphatic heterocycles. The lowest BCUT2D eigenvalue weighted by atomic mass is 9.88. The van der Waals surface area contributed by atoms with Crippen LogP contribution in [0.4, 0.5) is 0 Å². The van der Waals surface area contributed by atoms with E-state index in [0.29, 0.717) is 5.56 Å². The number of benzene rings is 1. The summed E-state index contributed by atoms with van der Waals surface area (Å²) in [5.74, 6) is -0.225. The molecule has 0 atom stereocenters. The number of carbonyl (C=O) groups excluding carboxylic acids is 1. The number of Topliss-reactive ketones (excluding diaryl/α,β-unsaturated/α-hetero) is 1. The van der Waals surface area contributed by atoms with Gasteiger partial charge in [-0.2, -0.15) is 0 Å². The Morgan fingerprint density at radius 1 is 1.20 bits per heavy atom. The van der Waals surface area contributed by atoms with E-state index in [-0.39, 0.29) is 11.2 Å². The first-order chi connectivity index (χ1) is 6.92. The minimum Gasteiger partial charge on any atom is -0.388 e. The van der Waals surface area contributed by atoms with Crippen LogP contribution in [-0.4, -0.2) is 17.5 Å². The maximum atomic E-state index is 11.2. The molecule has 1 aromatic carbocycles. The molecule has 2 nitrogen and oxygen atoms in total. The molecule has 0 bridgehead atoms. The van der Waals surface area contributed by atoms with E-state index in [1.54, 1.807) is 12.1 Å². The van der Waals surface area contributed by atoms with E-state index in [9.17, 15) is 4.79 Å². The van der Waals surface area contributed by atoms with Crippen molar-refractivity contribution in [2.75, 3.05) is 6.61 Å². The molecule has 0 amide bonds. The molecule has 0 spiro atoms. The van der Waals surface area contributed by atoms with Gasteiger partial charge >= 0.3 is 0 Å². The minimum absolute atomic E-state index is 0.225. The summed E-state index contributed by atoms with van der Waals surface area (Å²) in [5, 5.41) is 8.69. The quantitative estimate of drug-likeness (QED) is 0.771. The van der Waals surface area contributed by atoms with Gasteiger partial charge in [-0.1, -0.05) is 45.0 Å². The first-order valence-electron chi connectivity index (χ1n) is 5.15. The van der Waals surface area contributed by atoms with Crippen molar-refractivity contribution in [2.45, 2.75) is 27.2 Å². The Morgan fingerprint density at radius 3 is 2.13 bits per heavy atom. The molecule has 0 aliphatic rings. The normalized spacial score (nSPS) is 11.5. The molecule has 0 saturated heterocycles. The monoisotopic (exact) mass is 206 g/mol. The number of rotatable bonds is 3. The number of ketones is 1. The van der Waals surface area contributed by atoms with Crippen LogP contribution in [0.25, 0.3) is 0 Å². The lowest BCUT2D eigenvalue weighted by Gasteiger charge is -2.18. The molecule has 15 heavy (non-hydrogen) atoms. The Kier molecular flexibility index (Phi) is 3.64. The molecule has 0 saturated carbocycles. The highest BCUT2D eigenvalue weighted by molar-refractivity contribution is 5.96. The molecule has 2 heteroatoms. The predicted molar refractivity (Wildman–Crippen MR) is 61.0 cm³/mol. The molecule has 0 radical (unpaired) electrons. The summed E-state index contributed by atoms with van der Waals surface area (Å²) < 4.78 is 0. The summed E-state index contributed by atoms with van der Waals surface area (Å²) in [7, 11) is 0. The SMILES string of the molecule is CC(C)(C)Cc1ccc(C(=O)CO)cc1. The van der Waals surface area contributed by atoms with Gasteiger partial charge in [-0.3, -0.25) is 4.79 Å². The smallest absolute Gasteiger partial charge is 0.188 e. The second-order valence-corrected chi connectivity index (χ2v) is 5.02. The van der Waals surface area contributed by atoms with E-state index < -0.39 is 6.61 Å². The largest absolute Gasteiger partial charge is 0.388 e. The zero-order valence-electron chi connectivity index (χ0n) is 9.58. The highest BCUT2D eigenvalue weighted by Crippen LogP contribution is 2.20. The molecule has 0 fully saturated rings. The zero-order chi connectivity index (χ0) is 11.5. The molecule has 1 aromatic rings. The van der Waals surface area contributed by atoms with Crippen molar-refractivity contribution in [3.8, 4) is 0 Å². The fourth-order valence-corrected chi connectivity index (χ4v) is 1.51. The Morgan fingerprint density at radius 2 is 1.73 bits per heavy atom. The highest BCUT2D eigenvalue weighted by Gasteiger charge is 2.11. The van der Waals surface area contributed by atoms with Crippen molar-refractivity contribution in [2.24, 2.45) is 5.41 Å². The first kappa shape index (κ1) is 11.9. The van der Waals surface area contributed by atoms with Crippen molar-refractivity contribution < 1.29 is 9.90 Å². The Hall–Kier alpha value is -1.15. The van der Waals surface area contributed by atoms with Crippen molar-refractivity contribution in [3.05, 3.63) is 35.4 Å². The molecule has 0 heterocycles. The van der Waals surface area contributed by atoms with Crippen LogP contribution >= 0.6 is 0 Å². The third-order valence-corrected chi connectivity index (χ3v) is 2.15. The van der Waals surface area contributed by atoms with Gasteiger partial charge in [0.15, 0.2) is 5.78 Å². The van der Waals surface area contributed by atoms with Gasteiger partial charge in [-0.05, 0) is 17.4 Å². The second-order valence-electron chi connectivity index (χ2n) is 5.02. The number of hydrogen-bond donors (Lipinski definition) is 1. The van der Waals surface area contributed by atoms with E-state index in [2.05, 4.69) is 20.8 Å². The molecule has 0 aromatic heterocycles. The molecule has 82 valence electrons. The van der Waals surface area contributed by atoms with Gasteiger partial charge in [-0.25, -0.2) is 0 Å². The Labute approximate surface area is 90.9 Å². The summed E-state index contributed by atoms with van der Waals surface area (Å²) in [4.78, 5) is 11.2. The number of aliphatic hydroxyl groups excluding tert-OH is 1. The fourth-order valence-electron chi connectivity index (χ4n) is 1.51. The predicted octanol–water partition coefficient (Wildman–Crippen LogP) is 2.45. The molecule has 0 unspecified atom stereocenters. The van der Waals surface area contributed by atoms with E-state index in [0.717, 1.165) is 6.42 Å². The average molecular weight is 206 g/mol. The third-order valence-electron chi connectivity index (χ3n) is 2.15. The van der Waals surface area contributed by atoms with E-state index in [4.69, 9.17) is 5.11 Å². The molecular formula is C13H18O2. The van der Waals surface area contributed by atoms with Crippen LogP contribution in [-0.2, 0) is 6.42 Å². The van der Waals surface area contributed by atoms with Crippen LogP contribution in [0.5, 0.6) is 0 Å². The number of aliphatic hydroxyl groups is 1. The third kappa shape index (κ3) is 3.84. The zero-order valence-corrected chi connectivity index (χ0v) is 9.58. The van der Waals surface area contributed by atoms with Crippen LogP contribution in [0.15, 0.2) is 24.3 Å². The van der Waals surface area contributed by atoms with Crippen LogP contribution < -0.4 is 0 Å². The maximum Gasteiger partial charge on any atom is 0.188 e. The van der Waals surface area contributed by atoms with Gasteiger partial charge in [-0.15, -0.1) is 0 Å². The Bertz CT molecular complexity index is 331.